The Morgan fingerprint density at radius 2 is 1.70 bits per heavy atom. The summed E-state index contributed by atoms with van der Waals surface area (Å²) in [5.74, 6) is -0.786. The summed E-state index contributed by atoms with van der Waals surface area (Å²) in [5, 5.41) is 2.32. The zero-order valence-electron chi connectivity index (χ0n) is 14.2. The molecule has 2 aromatic carbocycles. The molecule has 0 aliphatic rings. The average molecular weight is 372 g/mol. The number of halogens is 3. The van der Waals surface area contributed by atoms with Crippen LogP contribution in [0.2, 0.25) is 0 Å². The number of rotatable bonds is 3. The number of benzene rings is 2. The van der Waals surface area contributed by atoms with Crippen LogP contribution in [-0.4, -0.2) is 10.9 Å². The molecule has 0 unspecified atom stereocenters. The molecule has 1 amide bonds. The Kier molecular flexibility index (Phi) is 4.85. The summed E-state index contributed by atoms with van der Waals surface area (Å²) in [4.78, 5) is 27.1. The van der Waals surface area contributed by atoms with Crippen molar-refractivity contribution in [1.82, 2.24) is 4.98 Å². The highest BCUT2D eigenvalue weighted by molar-refractivity contribution is 6.04. The van der Waals surface area contributed by atoms with Gasteiger partial charge >= 0.3 is 6.18 Å². The number of alkyl halides is 3. The van der Waals surface area contributed by atoms with Gasteiger partial charge in [0.1, 0.15) is 5.56 Å². The Morgan fingerprint density at radius 3 is 2.33 bits per heavy atom. The van der Waals surface area contributed by atoms with Crippen LogP contribution in [0.5, 0.6) is 0 Å². The van der Waals surface area contributed by atoms with Crippen LogP contribution in [0.3, 0.4) is 0 Å². The third-order valence-corrected chi connectivity index (χ3v) is 3.96. The van der Waals surface area contributed by atoms with Crippen molar-refractivity contribution in [3.63, 3.8) is 0 Å². The minimum Gasteiger partial charge on any atom is -0.322 e. The summed E-state index contributed by atoms with van der Waals surface area (Å²) in [5.41, 5.74) is 0.637. The molecule has 0 bridgehead atoms. The fraction of sp³-hybridized carbons (Fsp3) is 0.100. The van der Waals surface area contributed by atoms with Crippen molar-refractivity contribution in [3.05, 3.63) is 87.7 Å². The summed E-state index contributed by atoms with van der Waals surface area (Å²) in [6.45, 7) is 1.94. The average Bonchev–Trinajstić information content (AvgIpc) is 2.61. The number of hydrogen-bond acceptors (Lipinski definition) is 2. The van der Waals surface area contributed by atoms with Crippen LogP contribution in [0.15, 0.2) is 65.5 Å². The molecule has 1 heterocycles. The van der Waals surface area contributed by atoms with Crippen LogP contribution in [0, 0.1) is 6.92 Å². The number of H-pyrrole nitrogens is 1. The van der Waals surface area contributed by atoms with Crippen LogP contribution in [0.25, 0.3) is 11.3 Å². The van der Waals surface area contributed by atoms with Gasteiger partial charge in [0.15, 0.2) is 0 Å². The summed E-state index contributed by atoms with van der Waals surface area (Å²) in [6, 6.07) is 14.6. The van der Waals surface area contributed by atoms with Crippen molar-refractivity contribution >= 4 is 11.6 Å². The van der Waals surface area contributed by atoms with Crippen LogP contribution in [-0.2, 0) is 6.18 Å². The Hall–Kier alpha value is -3.35. The molecular weight excluding hydrogens is 357 g/mol. The molecular formula is C20H15F3N2O2. The van der Waals surface area contributed by atoms with E-state index in [0.717, 1.165) is 23.3 Å². The first-order valence-electron chi connectivity index (χ1n) is 8.03. The Bertz CT molecular complexity index is 1040. The van der Waals surface area contributed by atoms with Gasteiger partial charge in [0.05, 0.1) is 5.56 Å². The molecule has 1 aromatic heterocycles. The highest BCUT2D eigenvalue weighted by Crippen LogP contribution is 2.30. The normalized spacial score (nSPS) is 11.3. The number of nitrogens with one attached hydrogen (secondary N) is 2. The fourth-order valence-electron chi connectivity index (χ4n) is 2.53. The Morgan fingerprint density at radius 1 is 1.00 bits per heavy atom. The molecule has 7 heteroatoms. The molecule has 0 spiro atoms. The second-order valence-corrected chi connectivity index (χ2v) is 6.01. The van der Waals surface area contributed by atoms with Gasteiger partial charge in [-0.25, -0.2) is 0 Å². The SMILES string of the molecule is Cc1ccc(-c2ccc(C(=O)Nc3cccc(C(F)(F)F)c3)c(=O)[nH]2)cc1. The standard InChI is InChI=1S/C20H15F3N2O2/c1-12-5-7-13(8-6-12)17-10-9-16(19(27)25-17)18(26)24-15-4-2-3-14(11-15)20(21,22)23/h2-11H,1H3,(H,24,26)(H,25,27). The topological polar surface area (TPSA) is 62.0 Å². The minimum atomic E-state index is -4.52. The fourth-order valence-corrected chi connectivity index (χ4v) is 2.53. The number of aromatic amines is 1. The first-order chi connectivity index (χ1) is 12.7. The van der Waals surface area contributed by atoms with Crippen LogP contribution in [0.4, 0.5) is 18.9 Å². The van der Waals surface area contributed by atoms with Gasteiger partial charge in [0.25, 0.3) is 11.5 Å². The maximum absolute atomic E-state index is 12.8. The van der Waals surface area contributed by atoms with Crippen molar-refractivity contribution in [2.45, 2.75) is 13.1 Å². The highest BCUT2D eigenvalue weighted by Gasteiger charge is 2.30. The van der Waals surface area contributed by atoms with Crippen LogP contribution >= 0.6 is 0 Å². The lowest BCUT2D eigenvalue weighted by Gasteiger charge is -2.10. The summed E-state index contributed by atoms with van der Waals surface area (Å²) >= 11 is 0. The second-order valence-electron chi connectivity index (χ2n) is 6.01. The number of aryl methyl sites for hydroxylation is 1. The van der Waals surface area contributed by atoms with Crippen LogP contribution in [0.1, 0.15) is 21.5 Å². The molecule has 0 saturated heterocycles. The third kappa shape index (κ3) is 4.25. The van der Waals surface area contributed by atoms with Gasteiger partial charge in [-0.05, 0) is 42.8 Å². The Labute approximate surface area is 152 Å². The van der Waals surface area contributed by atoms with E-state index in [1.165, 1.54) is 18.2 Å². The van der Waals surface area contributed by atoms with Crippen LogP contribution < -0.4 is 10.9 Å². The maximum atomic E-state index is 12.8. The van der Waals surface area contributed by atoms with E-state index in [0.29, 0.717) is 5.69 Å². The maximum Gasteiger partial charge on any atom is 0.416 e. The lowest BCUT2D eigenvalue weighted by Crippen LogP contribution is -2.23. The highest BCUT2D eigenvalue weighted by atomic mass is 19.4. The number of pyridine rings is 1. The summed E-state index contributed by atoms with van der Waals surface area (Å²) in [6.07, 6.45) is -4.52. The molecule has 0 radical (unpaired) electrons. The van der Waals surface area contributed by atoms with E-state index in [9.17, 15) is 22.8 Å². The van der Waals surface area contributed by atoms with Gasteiger partial charge in [-0.15, -0.1) is 0 Å². The van der Waals surface area contributed by atoms with Crippen molar-refractivity contribution < 1.29 is 18.0 Å². The molecule has 3 aromatic rings. The monoisotopic (exact) mass is 372 g/mol. The zero-order valence-corrected chi connectivity index (χ0v) is 14.2. The molecule has 0 aliphatic carbocycles. The quantitative estimate of drug-likeness (QED) is 0.705. The van der Waals surface area contributed by atoms with E-state index < -0.39 is 23.2 Å². The lowest BCUT2D eigenvalue weighted by molar-refractivity contribution is -0.137. The molecule has 0 atom stereocenters. The van der Waals surface area contributed by atoms with Gasteiger partial charge in [0.2, 0.25) is 0 Å². The second kappa shape index (κ2) is 7.11. The zero-order chi connectivity index (χ0) is 19.6. The molecule has 0 aliphatic heterocycles. The van der Waals surface area contributed by atoms with E-state index in [1.807, 2.05) is 31.2 Å². The molecule has 0 fully saturated rings. The largest absolute Gasteiger partial charge is 0.416 e. The number of hydrogen-bond donors (Lipinski definition) is 2. The predicted molar refractivity (Wildman–Crippen MR) is 96.6 cm³/mol. The minimum absolute atomic E-state index is 0.0446. The first-order valence-corrected chi connectivity index (χ1v) is 8.03. The smallest absolute Gasteiger partial charge is 0.322 e. The van der Waals surface area contributed by atoms with Gasteiger partial charge in [0, 0.05) is 11.4 Å². The van der Waals surface area contributed by atoms with E-state index in [2.05, 4.69) is 10.3 Å². The van der Waals surface area contributed by atoms with Crippen molar-refractivity contribution in [2.24, 2.45) is 0 Å². The summed E-state index contributed by atoms with van der Waals surface area (Å²) in [7, 11) is 0. The van der Waals surface area contributed by atoms with E-state index in [4.69, 9.17) is 0 Å². The predicted octanol–water partition coefficient (Wildman–Crippen LogP) is 4.62. The number of carbonyl (C=O) groups is 1. The van der Waals surface area contributed by atoms with Crippen molar-refractivity contribution in [1.29, 1.82) is 0 Å². The third-order valence-electron chi connectivity index (χ3n) is 3.96. The van der Waals surface area contributed by atoms with E-state index in [-0.39, 0.29) is 11.3 Å². The van der Waals surface area contributed by atoms with Crippen molar-refractivity contribution in [3.8, 4) is 11.3 Å². The van der Waals surface area contributed by atoms with Gasteiger partial charge in [-0.2, -0.15) is 13.2 Å². The number of anilines is 1. The van der Waals surface area contributed by atoms with E-state index >= 15 is 0 Å². The molecule has 27 heavy (non-hydrogen) atoms. The van der Waals surface area contributed by atoms with Crippen molar-refractivity contribution in [2.75, 3.05) is 5.32 Å². The number of amides is 1. The van der Waals surface area contributed by atoms with Gasteiger partial charge < -0.3 is 10.3 Å². The molecule has 4 nitrogen and oxygen atoms in total. The van der Waals surface area contributed by atoms with Gasteiger partial charge in [-0.3, -0.25) is 9.59 Å². The molecule has 2 N–H and O–H groups in total. The first kappa shape index (κ1) is 18.4. The number of aromatic nitrogens is 1. The lowest BCUT2D eigenvalue weighted by atomic mass is 10.1. The summed E-state index contributed by atoms with van der Waals surface area (Å²) < 4.78 is 38.3. The van der Waals surface area contributed by atoms with Gasteiger partial charge in [-0.1, -0.05) is 35.9 Å². The molecule has 3 rings (SSSR count). The number of carbonyl (C=O) groups excluding carboxylic acids is 1. The molecule has 0 saturated carbocycles. The Balaban J connectivity index is 1.83. The molecule has 138 valence electrons. The van der Waals surface area contributed by atoms with E-state index in [1.54, 1.807) is 6.07 Å².